The monoisotopic (exact) mass is 280 g/mol. The molecule has 0 atom stereocenters. The van der Waals surface area contributed by atoms with E-state index in [0.717, 1.165) is 10.9 Å². The highest BCUT2D eigenvalue weighted by molar-refractivity contribution is 5.88. The molecule has 0 aliphatic carbocycles. The van der Waals surface area contributed by atoms with Crippen LogP contribution in [0.1, 0.15) is 10.5 Å². The lowest BCUT2D eigenvalue weighted by molar-refractivity contribution is 0.0690. The summed E-state index contributed by atoms with van der Waals surface area (Å²) >= 11 is 0. The first-order valence-electron chi connectivity index (χ1n) is 6.25. The molecule has 3 aromatic rings. The van der Waals surface area contributed by atoms with E-state index in [1.807, 2.05) is 30.3 Å². The Balaban J connectivity index is 1.98. The number of aromatic carboxylic acids is 1. The average Bonchev–Trinajstić information content (AvgIpc) is 2.49. The molecule has 0 unspecified atom stereocenters. The van der Waals surface area contributed by atoms with E-state index >= 15 is 0 Å². The third kappa shape index (κ3) is 2.59. The van der Waals surface area contributed by atoms with Crippen LogP contribution in [-0.2, 0) is 0 Å². The number of anilines is 3. The highest BCUT2D eigenvalue weighted by Crippen LogP contribution is 2.23. The average molecular weight is 280 g/mol. The van der Waals surface area contributed by atoms with Gasteiger partial charge in [0.15, 0.2) is 11.5 Å². The van der Waals surface area contributed by atoms with E-state index < -0.39 is 5.97 Å². The van der Waals surface area contributed by atoms with Crippen molar-refractivity contribution in [2.45, 2.75) is 0 Å². The summed E-state index contributed by atoms with van der Waals surface area (Å²) in [5.74, 6) is -0.804. The number of fused-ring (bicyclic) bond motifs is 1. The molecule has 0 saturated heterocycles. The second kappa shape index (κ2) is 5.09. The number of hydrogen-bond acceptors (Lipinski definition) is 5. The molecule has 6 heteroatoms. The summed E-state index contributed by atoms with van der Waals surface area (Å²) in [5.41, 5.74) is 7.68. The van der Waals surface area contributed by atoms with Crippen LogP contribution in [0.2, 0.25) is 0 Å². The van der Waals surface area contributed by atoms with Crippen molar-refractivity contribution in [2.24, 2.45) is 0 Å². The van der Waals surface area contributed by atoms with Crippen LogP contribution in [0.15, 0.2) is 48.7 Å². The summed E-state index contributed by atoms with van der Waals surface area (Å²) in [4.78, 5) is 19.2. The van der Waals surface area contributed by atoms with E-state index in [0.29, 0.717) is 17.2 Å². The van der Waals surface area contributed by atoms with Gasteiger partial charge in [-0.15, -0.1) is 0 Å². The lowest BCUT2D eigenvalue weighted by Gasteiger charge is -2.09. The minimum Gasteiger partial charge on any atom is -0.477 e. The van der Waals surface area contributed by atoms with Gasteiger partial charge in [0.2, 0.25) is 0 Å². The van der Waals surface area contributed by atoms with Crippen molar-refractivity contribution < 1.29 is 9.90 Å². The van der Waals surface area contributed by atoms with E-state index in [9.17, 15) is 4.79 Å². The van der Waals surface area contributed by atoms with Gasteiger partial charge in [-0.25, -0.2) is 9.78 Å². The molecule has 0 aliphatic heterocycles. The summed E-state index contributed by atoms with van der Waals surface area (Å²) in [5, 5.41) is 12.9. The van der Waals surface area contributed by atoms with Crippen molar-refractivity contribution in [3.05, 3.63) is 54.4 Å². The van der Waals surface area contributed by atoms with Gasteiger partial charge in [-0.3, -0.25) is 4.98 Å². The SMILES string of the molecule is Nc1ccc(C(=O)O)nc1Nc1cnc2ccccc2c1. The van der Waals surface area contributed by atoms with Crippen molar-refractivity contribution in [2.75, 3.05) is 11.1 Å². The Bertz CT molecular complexity index is 833. The summed E-state index contributed by atoms with van der Waals surface area (Å²) < 4.78 is 0. The number of carboxylic acids is 1. The quantitative estimate of drug-likeness (QED) is 0.681. The van der Waals surface area contributed by atoms with Crippen LogP contribution in [0.5, 0.6) is 0 Å². The number of nitrogens with two attached hydrogens (primary N) is 1. The number of nitrogen functional groups attached to an aromatic ring is 1. The number of hydrogen-bond donors (Lipinski definition) is 3. The molecule has 2 aromatic heterocycles. The highest BCUT2D eigenvalue weighted by atomic mass is 16.4. The Labute approximate surface area is 120 Å². The Kier molecular flexibility index (Phi) is 3.12. The maximum atomic E-state index is 10.9. The number of nitrogens with one attached hydrogen (secondary N) is 1. The molecule has 0 aliphatic rings. The standard InChI is InChI=1S/C15H12N4O2/c16-11-5-6-13(15(20)21)19-14(11)18-10-7-9-3-1-2-4-12(9)17-8-10/h1-8H,16H2,(H,18,19)(H,20,21). The predicted octanol–water partition coefficient (Wildman–Crippen LogP) is 2.65. The summed E-state index contributed by atoms with van der Waals surface area (Å²) in [6, 6.07) is 12.5. The molecule has 6 nitrogen and oxygen atoms in total. The number of carbonyl (C=O) groups is 1. The fraction of sp³-hybridized carbons (Fsp3) is 0. The normalized spacial score (nSPS) is 10.5. The van der Waals surface area contributed by atoms with Gasteiger partial charge in [-0.2, -0.15) is 0 Å². The zero-order valence-corrected chi connectivity index (χ0v) is 10.9. The van der Waals surface area contributed by atoms with Crippen LogP contribution < -0.4 is 11.1 Å². The number of aromatic nitrogens is 2. The Morgan fingerprint density at radius 1 is 1.19 bits per heavy atom. The van der Waals surface area contributed by atoms with Gasteiger partial charge in [0, 0.05) is 5.39 Å². The third-order valence-electron chi connectivity index (χ3n) is 3.00. The van der Waals surface area contributed by atoms with Gasteiger partial charge < -0.3 is 16.2 Å². The van der Waals surface area contributed by atoms with Crippen LogP contribution in [0, 0.1) is 0 Å². The molecule has 0 bridgehead atoms. The minimum absolute atomic E-state index is 0.0690. The van der Waals surface area contributed by atoms with Gasteiger partial charge in [0.25, 0.3) is 0 Å². The zero-order valence-electron chi connectivity index (χ0n) is 10.9. The summed E-state index contributed by atoms with van der Waals surface area (Å²) in [6.07, 6.45) is 1.65. The van der Waals surface area contributed by atoms with Crippen molar-refractivity contribution in [3.63, 3.8) is 0 Å². The van der Waals surface area contributed by atoms with Gasteiger partial charge in [0.1, 0.15) is 0 Å². The fourth-order valence-corrected chi connectivity index (χ4v) is 1.97. The first kappa shape index (κ1) is 12.9. The van der Waals surface area contributed by atoms with Crippen LogP contribution in [-0.4, -0.2) is 21.0 Å². The van der Waals surface area contributed by atoms with Gasteiger partial charge in [-0.1, -0.05) is 18.2 Å². The van der Waals surface area contributed by atoms with E-state index in [1.165, 1.54) is 12.1 Å². The van der Waals surface area contributed by atoms with E-state index in [2.05, 4.69) is 15.3 Å². The second-order valence-electron chi connectivity index (χ2n) is 4.48. The molecule has 0 radical (unpaired) electrons. The number of para-hydroxylation sites is 1. The Hall–Kier alpha value is -3.15. The molecule has 2 heterocycles. The van der Waals surface area contributed by atoms with Crippen LogP contribution in [0.3, 0.4) is 0 Å². The topological polar surface area (TPSA) is 101 Å². The van der Waals surface area contributed by atoms with Crippen molar-refractivity contribution >= 4 is 34.1 Å². The number of pyridine rings is 2. The number of benzene rings is 1. The van der Waals surface area contributed by atoms with E-state index in [4.69, 9.17) is 10.8 Å². The molecular formula is C15H12N4O2. The number of nitrogens with zero attached hydrogens (tertiary/aromatic N) is 2. The maximum Gasteiger partial charge on any atom is 0.354 e. The molecule has 1 aromatic carbocycles. The molecular weight excluding hydrogens is 268 g/mol. The van der Waals surface area contributed by atoms with Crippen molar-refractivity contribution in [1.82, 2.24) is 9.97 Å². The van der Waals surface area contributed by atoms with Gasteiger partial charge >= 0.3 is 5.97 Å². The lowest BCUT2D eigenvalue weighted by Crippen LogP contribution is -2.05. The van der Waals surface area contributed by atoms with Gasteiger partial charge in [-0.05, 0) is 24.3 Å². The largest absolute Gasteiger partial charge is 0.477 e. The zero-order chi connectivity index (χ0) is 14.8. The highest BCUT2D eigenvalue weighted by Gasteiger charge is 2.09. The third-order valence-corrected chi connectivity index (χ3v) is 3.00. The maximum absolute atomic E-state index is 10.9. The molecule has 0 spiro atoms. The predicted molar refractivity (Wildman–Crippen MR) is 80.6 cm³/mol. The minimum atomic E-state index is -1.10. The molecule has 0 fully saturated rings. The number of carboxylic acid groups (broad SMARTS) is 1. The fourth-order valence-electron chi connectivity index (χ4n) is 1.97. The number of rotatable bonds is 3. The van der Waals surface area contributed by atoms with Crippen LogP contribution >= 0.6 is 0 Å². The summed E-state index contributed by atoms with van der Waals surface area (Å²) in [7, 11) is 0. The van der Waals surface area contributed by atoms with Crippen LogP contribution in [0.4, 0.5) is 17.2 Å². The van der Waals surface area contributed by atoms with Crippen molar-refractivity contribution in [1.29, 1.82) is 0 Å². The first-order chi connectivity index (χ1) is 10.1. The molecule has 3 rings (SSSR count). The molecule has 21 heavy (non-hydrogen) atoms. The van der Waals surface area contributed by atoms with Crippen molar-refractivity contribution in [3.8, 4) is 0 Å². The Morgan fingerprint density at radius 2 is 2.00 bits per heavy atom. The smallest absolute Gasteiger partial charge is 0.354 e. The lowest BCUT2D eigenvalue weighted by atomic mass is 10.2. The second-order valence-corrected chi connectivity index (χ2v) is 4.48. The van der Waals surface area contributed by atoms with E-state index in [1.54, 1.807) is 6.20 Å². The van der Waals surface area contributed by atoms with Crippen LogP contribution in [0.25, 0.3) is 10.9 Å². The van der Waals surface area contributed by atoms with Gasteiger partial charge in [0.05, 0.1) is 23.1 Å². The molecule has 0 saturated carbocycles. The van der Waals surface area contributed by atoms with E-state index in [-0.39, 0.29) is 5.69 Å². The molecule has 0 amide bonds. The molecule has 104 valence electrons. The Morgan fingerprint density at radius 3 is 2.81 bits per heavy atom. The summed E-state index contributed by atoms with van der Waals surface area (Å²) in [6.45, 7) is 0. The first-order valence-corrected chi connectivity index (χ1v) is 6.25. The molecule has 4 N–H and O–H groups in total.